The number of rotatable bonds is 7. The first-order chi connectivity index (χ1) is 17.2. The fraction of sp³-hybridized carbons (Fsp3) is 0.250. The Hall–Kier alpha value is -4.17. The number of hydrogen-bond donors (Lipinski definition) is 4. The molecule has 0 fully saturated rings. The molecule has 0 saturated heterocycles. The number of nitrogens with zero attached hydrogens (tertiary/aromatic N) is 1. The summed E-state index contributed by atoms with van der Waals surface area (Å²) in [6, 6.07) is 21.4. The predicted octanol–water partition coefficient (Wildman–Crippen LogP) is 4.26. The lowest BCUT2D eigenvalue weighted by molar-refractivity contribution is -0.128. The van der Waals surface area contributed by atoms with E-state index in [1.807, 2.05) is 57.2 Å². The van der Waals surface area contributed by atoms with Gasteiger partial charge in [-0.15, -0.1) is 0 Å². The van der Waals surface area contributed by atoms with Gasteiger partial charge in [0.2, 0.25) is 5.91 Å². The number of hydrogen-bond acceptors (Lipinski definition) is 4. The minimum absolute atomic E-state index is 0.273. The summed E-state index contributed by atoms with van der Waals surface area (Å²) in [4.78, 5) is 42.1. The minimum Gasteiger partial charge on any atom is -0.326 e. The Morgan fingerprint density at radius 3 is 2.00 bits per heavy atom. The second-order valence-electron chi connectivity index (χ2n) is 9.10. The zero-order valence-electron chi connectivity index (χ0n) is 20.9. The van der Waals surface area contributed by atoms with E-state index in [1.54, 1.807) is 48.3 Å². The number of urea groups is 1. The predicted molar refractivity (Wildman–Crippen MR) is 142 cm³/mol. The number of amides is 4. The number of nitrogens with one attached hydrogen (secondary N) is 4. The molecule has 1 heterocycles. The molecule has 0 aliphatic carbocycles. The first-order valence-electron chi connectivity index (χ1n) is 11.9. The van der Waals surface area contributed by atoms with Crippen LogP contribution in [0, 0.1) is 13.8 Å². The monoisotopic (exact) mass is 485 g/mol. The van der Waals surface area contributed by atoms with Crippen LogP contribution < -0.4 is 26.2 Å². The summed E-state index contributed by atoms with van der Waals surface area (Å²) in [7, 11) is 1.75. The molecule has 186 valence electrons. The van der Waals surface area contributed by atoms with E-state index >= 15 is 0 Å². The quantitative estimate of drug-likeness (QED) is 0.402. The molecule has 1 aliphatic heterocycles. The highest BCUT2D eigenvalue weighted by Crippen LogP contribution is 2.43. The molecule has 0 spiro atoms. The average Bonchev–Trinajstić information content (AvgIpc) is 3.09. The van der Waals surface area contributed by atoms with E-state index in [9.17, 15) is 14.4 Å². The van der Waals surface area contributed by atoms with Crippen molar-refractivity contribution in [1.82, 2.24) is 10.6 Å². The van der Waals surface area contributed by atoms with E-state index in [0.29, 0.717) is 22.6 Å². The molecule has 8 heteroatoms. The van der Waals surface area contributed by atoms with Crippen molar-refractivity contribution in [3.63, 3.8) is 0 Å². The molecule has 4 amide bonds. The van der Waals surface area contributed by atoms with Gasteiger partial charge >= 0.3 is 6.03 Å². The highest BCUT2D eigenvalue weighted by molar-refractivity contribution is 6.13. The second-order valence-corrected chi connectivity index (χ2v) is 9.10. The van der Waals surface area contributed by atoms with E-state index in [0.717, 1.165) is 11.1 Å². The second kappa shape index (κ2) is 10.2. The molecule has 4 N–H and O–H groups in total. The van der Waals surface area contributed by atoms with Crippen molar-refractivity contribution in [2.24, 2.45) is 0 Å². The number of carbonyl (C=O) groups excluding carboxylic acids is 3. The molecule has 1 aliphatic rings. The Balaban J connectivity index is 1.69. The van der Waals surface area contributed by atoms with Gasteiger partial charge in [-0.2, -0.15) is 0 Å². The van der Waals surface area contributed by atoms with Crippen molar-refractivity contribution in [1.29, 1.82) is 0 Å². The highest BCUT2D eigenvalue weighted by atomic mass is 16.2. The SMILES string of the molecule is CNC(C)N1C(=O)C(CC(=O)Nc2ccc(C)cc2)(NC(=O)Nc2ccc(C)cc2)c2ccccc21. The van der Waals surface area contributed by atoms with E-state index in [-0.39, 0.29) is 18.5 Å². The third-order valence-corrected chi connectivity index (χ3v) is 6.41. The molecule has 3 aromatic rings. The lowest BCUT2D eigenvalue weighted by Crippen LogP contribution is -2.58. The Morgan fingerprint density at radius 2 is 1.42 bits per heavy atom. The van der Waals surface area contributed by atoms with Crippen LogP contribution in [0.2, 0.25) is 0 Å². The molecular weight excluding hydrogens is 454 g/mol. The molecule has 0 bridgehead atoms. The van der Waals surface area contributed by atoms with Crippen molar-refractivity contribution in [2.45, 2.75) is 38.9 Å². The number of fused-ring (bicyclic) bond motifs is 1. The van der Waals surface area contributed by atoms with Crippen molar-refractivity contribution in [2.75, 3.05) is 22.6 Å². The molecule has 0 aromatic heterocycles. The molecule has 36 heavy (non-hydrogen) atoms. The molecule has 2 atom stereocenters. The topological polar surface area (TPSA) is 103 Å². The smallest absolute Gasteiger partial charge is 0.320 e. The first kappa shape index (κ1) is 24.9. The van der Waals surface area contributed by atoms with Gasteiger partial charge in [0.1, 0.15) is 0 Å². The van der Waals surface area contributed by atoms with Gasteiger partial charge in [-0.1, -0.05) is 53.6 Å². The normalized spacial score (nSPS) is 17.3. The molecule has 4 rings (SSSR count). The van der Waals surface area contributed by atoms with Gasteiger partial charge in [-0.3, -0.25) is 14.5 Å². The molecule has 0 radical (unpaired) electrons. The summed E-state index contributed by atoms with van der Waals surface area (Å²) in [5, 5.41) is 11.6. The van der Waals surface area contributed by atoms with Gasteiger partial charge in [0.15, 0.2) is 5.54 Å². The zero-order valence-corrected chi connectivity index (χ0v) is 20.9. The summed E-state index contributed by atoms with van der Waals surface area (Å²) in [5.41, 5.74) is 2.93. The van der Waals surface area contributed by atoms with Crippen LogP contribution in [0.4, 0.5) is 21.9 Å². The number of para-hydroxylation sites is 1. The van der Waals surface area contributed by atoms with Crippen molar-refractivity contribution in [3.8, 4) is 0 Å². The van der Waals surface area contributed by atoms with Crippen molar-refractivity contribution in [3.05, 3.63) is 89.5 Å². The minimum atomic E-state index is -1.59. The largest absolute Gasteiger partial charge is 0.326 e. The molecule has 0 saturated carbocycles. The maximum atomic E-state index is 14.0. The zero-order chi connectivity index (χ0) is 25.9. The Morgan fingerprint density at radius 1 is 0.861 bits per heavy atom. The fourth-order valence-electron chi connectivity index (χ4n) is 4.40. The first-order valence-corrected chi connectivity index (χ1v) is 11.9. The van der Waals surface area contributed by atoms with Crippen LogP contribution in [0.15, 0.2) is 72.8 Å². The van der Waals surface area contributed by atoms with Crippen LogP contribution in [0.1, 0.15) is 30.0 Å². The van der Waals surface area contributed by atoms with Gasteiger partial charge in [-0.05, 0) is 58.2 Å². The fourth-order valence-corrected chi connectivity index (χ4v) is 4.40. The Labute approximate surface area is 211 Å². The summed E-state index contributed by atoms with van der Waals surface area (Å²) in [6.07, 6.45) is -0.632. The number of anilines is 3. The summed E-state index contributed by atoms with van der Waals surface area (Å²) in [6.45, 7) is 5.77. The maximum absolute atomic E-state index is 14.0. The van der Waals surface area contributed by atoms with Gasteiger partial charge in [-0.25, -0.2) is 4.79 Å². The van der Waals surface area contributed by atoms with Gasteiger partial charge < -0.3 is 21.3 Å². The molecular formula is C28H31N5O3. The highest BCUT2D eigenvalue weighted by Gasteiger charge is 2.54. The third-order valence-electron chi connectivity index (χ3n) is 6.41. The number of aryl methyl sites for hydroxylation is 2. The van der Waals surface area contributed by atoms with Crippen LogP contribution in [0.25, 0.3) is 0 Å². The Kier molecular flexibility index (Phi) is 7.07. The van der Waals surface area contributed by atoms with Crippen LogP contribution in [0.5, 0.6) is 0 Å². The van der Waals surface area contributed by atoms with Crippen LogP contribution in [0.3, 0.4) is 0 Å². The maximum Gasteiger partial charge on any atom is 0.320 e. The summed E-state index contributed by atoms with van der Waals surface area (Å²) < 4.78 is 0. The van der Waals surface area contributed by atoms with E-state index < -0.39 is 17.5 Å². The van der Waals surface area contributed by atoms with Gasteiger partial charge in [0.25, 0.3) is 5.91 Å². The number of benzene rings is 3. The van der Waals surface area contributed by atoms with Gasteiger partial charge in [0.05, 0.1) is 18.3 Å². The molecule has 2 unspecified atom stereocenters. The number of carbonyl (C=O) groups is 3. The van der Waals surface area contributed by atoms with Crippen LogP contribution >= 0.6 is 0 Å². The Bertz CT molecular complexity index is 1210. The van der Waals surface area contributed by atoms with E-state index in [1.165, 1.54) is 0 Å². The van der Waals surface area contributed by atoms with E-state index in [4.69, 9.17) is 0 Å². The third kappa shape index (κ3) is 4.94. The standard InChI is InChI=1S/C28H31N5O3/c1-18-9-13-21(14-10-18)30-25(34)17-28(32-27(36)31-22-15-11-19(2)12-16-22)23-7-5-6-8-24(23)33(26(28)35)20(3)29-4/h5-16,20,29H,17H2,1-4H3,(H,30,34)(H2,31,32,36). The molecule has 8 nitrogen and oxygen atoms in total. The van der Waals surface area contributed by atoms with E-state index in [2.05, 4.69) is 21.3 Å². The van der Waals surface area contributed by atoms with Crippen molar-refractivity contribution < 1.29 is 14.4 Å². The molecule has 3 aromatic carbocycles. The van der Waals surface area contributed by atoms with Crippen LogP contribution in [-0.2, 0) is 15.1 Å². The lowest BCUT2D eigenvalue weighted by atomic mass is 9.87. The van der Waals surface area contributed by atoms with Crippen LogP contribution in [-0.4, -0.2) is 31.1 Å². The van der Waals surface area contributed by atoms with Crippen molar-refractivity contribution >= 4 is 34.9 Å². The van der Waals surface area contributed by atoms with Gasteiger partial charge in [0, 0.05) is 16.9 Å². The lowest BCUT2D eigenvalue weighted by Gasteiger charge is -2.31. The summed E-state index contributed by atoms with van der Waals surface area (Å²) >= 11 is 0. The average molecular weight is 486 g/mol. The summed E-state index contributed by atoms with van der Waals surface area (Å²) in [5.74, 6) is -0.778.